The molecule has 0 aliphatic rings. The van der Waals surface area contributed by atoms with Gasteiger partial charge in [-0.05, 0) is 30.5 Å². The van der Waals surface area contributed by atoms with Crippen LogP contribution >= 0.6 is 0 Å². The molecule has 23 heavy (non-hydrogen) atoms. The van der Waals surface area contributed by atoms with Gasteiger partial charge < -0.3 is 4.57 Å². The Balaban J connectivity index is 2.42. The van der Waals surface area contributed by atoms with E-state index in [1.54, 1.807) is 6.07 Å². The van der Waals surface area contributed by atoms with Gasteiger partial charge in [0.15, 0.2) is 5.43 Å². The van der Waals surface area contributed by atoms with E-state index in [2.05, 4.69) is 30.5 Å². The minimum atomic E-state index is 0.0970. The SMILES string of the molecule is Cc1c(C(C)C)n(-c2ccccc2)c(-c2ccccc2)cc1=O. The normalized spacial score (nSPS) is 11.0. The Morgan fingerprint density at radius 1 is 0.870 bits per heavy atom. The molecule has 0 radical (unpaired) electrons. The summed E-state index contributed by atoms with van der Waals surface area (Å²) < 4.78 is 2.22. The molecule has 0 spiro atoms. The maximum Gasteiger partial charge on any atom is 0.185 e. The summed E-state index contributed by atoms with van der Waals surface area (Å²) >= 11 is 0. The number of rotatable bonds is 3. The summed E-state index contributed by atoms with van der Waals surface area (Å²) in [5, 5.41) is 0. The Morgan fingerprint density at radius 3 is 2.00 bits per heavy atom. The topological polar surface area (TPSA) is 22.0 Å². The molecular formula is C21H21NO. The van der Waals surface area contributed by atoms with E-state index in [1.807, 2.05) is 55.5 Å². The van der Waals surface area contributed by atoms with Crippen molar-refractivity contribution >= 4 is 0 Å². The van der Waals surface area contributed by atoms with Crippen molar-refractivity contribution in [1.29, 1.82) is 0 Å². The van der Waals surface area contributed by atoms with Crippen molar-refractivity contribution in [3.05, 3.63) is 88.2 Å². The zero-order chi connectivity index (χ0) is 16.4. The molecule has 0 fully saturated rings. The molecule has 0 aliphatic carbocycles. The first-order chi connectivity index (χ1) is 11.1. The van der Waals surface area contributed by atoms with Crippen LogP contribution < -0.4 is 5.43 Å². The van der Waals surface area contributed by atoms with Crippen LogP contribution in [-0.4, -0.2) is 4.57 Å². The average Bonchev–Trinajstić information content (AvgIpc) is 2.58. The van der Waals surface area contributed by atoms with E-state index in [0.717, 1.165) is 28.2 Å². The number of aromatic nitrogens is 1. The van der Waals surface area contributed by atoms with Crippen LogP contribution in [0, 0.1) is 6.92 Å². The second-order valence-corrected chi connectivity index (χ2v) is 6.10. The average molecular weight is 303 g/mol. The fraction of sp³-hybridized carbons (Fsp3) is 0.190. The van der Waals surface area contributed by atoms with E-state index >= 15 is 0 Å². The largest absolute Gasteiger partial charge is 0.313 e. The Kier molecular flexibility index (Phi) is 4.16. The van der Waals surface area contributed by atoms with Crippen molar-refractivity contribution in [1.82, 2.24) is 4.57 Å². The third kappa shape index (κ3) is 2.85. The Labute approximate surface area is 137 Å². The number of hydrogen-bond donors (Lipinski definition) is 0. The van der Waals surface area contributed by atoms with Crippen LogP contribution in [0.1, 0.15) is 31.0 Å². The predicted molar refractivity (Wildman–Crippen MR) is 96.3 cm³/mol. The van der Waals surface area contributed by atoms with Crippen LogP contribution in [-0.2, 0) is 0 Å². The molecule has 1 aromatic heterocycles. The zero-order valence-corrected chi connectivity index (χ0v) is 13.8. The Hall–Kier alpha value is -2.61. The summed E-state index contributed by atoms with van der Waals surface area (Å²) in [6, 6.07) is 22.1. The molecule has 0 N–H and O–H groups in total. The second kappa shape index (κ2) is 6.25. The molecule has 0 saturated heterocycles. The monoisotopic (exact) mass is 303 g/mol. The molecular weight excluding hydrogens is 282 g/mol. The quantitative estimate of drug-likeness (QED) is 0.672. The highest BCUT2D eigenvalue weighted by Crippen LogP contribution is 2.28. The van der Waals surface area contributed by atoms with Crippen molar-refractivity contribution in [3.63, 3.8) is 0 Å². The van der Waals surface area contributed by atoms with Gasteiger partial charge in [-0.15, -0.1) is 0 Å². The van der Waals surface area contributed by atoms with E-state index < -0.39 is 0 Å². The third-order valence-corrected chi connectivity index (χ3v) is 4.13. The van der Waals surface area contributed by atoms with Gasteiger partial charge in [-0.1, -0.05) is 62.4 Å². The molecule has 0 bridgehead atoms. The first kappa shape index (κ1) is 15.3. The summed E-state index contributed by atoms with van der Waals surface area (Å²) in [6.07, 6.45) is 0. The van der Waals surface area contributed by atoms with Gasteiger partial charge in [0.1, 0.15) is 0 Å². The number of nitrogens with zero attached hydrogens (tertiary/aromatic N) is 1. The van der Waals surface area contributed by atoms with Gasteiger partial charge in [0, 0.05) is 23.0 Å². The fourth-order valence-electron chi connectivity index (χ4n) is 3.09. The van der Waals surface area contributed by atoms with E-state index in [9.17, 15) is 4.79 Å². The summed E-state index contributed by atoms with van der Waals surface area (Å²) in [5.74, 6) is 0.256. The van der Waals surface area contributed by atoms with Crippen molar-refractivity contribution < 1.29 is 0 Å². The Morgan fingerprint density at radius 2 is 1.43 bits per heavy atom. The van der Waals surface area contributed by atoms with Gasteiger partial charge in [0.05, 0.1) is 5.69 Å². The summed E-state index contributed by atoms with van der Waals surface area (Å²) in [5.41, 5.74) is 5.07. The summed E-state index contributed by atoms with van der Waals surface area (Å²) in [4.78, 5) is 12.5. The van der Waals surface area contributed by atoms with Crippen molar-refractivity contribution in [3.8, 4) is 16.9 Å². The van der Waals surface area contributed by atoms with Crippen LogP contribution in [0.3, 0.4) is 0 Å². The van der Waals surface area contributed by atoms with E-state index in [1.165, 1.54) is 0 Å². The molecule has 0 unspecified atom stereocenters. The van der Waals surface area contributed by atoms with Crippen molar-refractivity contribution in [2.24, 2.45) is 0 Å². The molecule has 1 heterocycles. The van der Waals surface area contributed by atoms with Crippen LogP contribution in [0.25, 0.3) is 16.9 Å². The molecule has 116 valence electrons. The molecule has 3 rings (SSSR count). The van der Waals surface area contributed by atoms with Gasteiger partial charge in [0.2, 0.25) is 0 Å². The van der Waals surface area contributed by atoms with E-state index in [0.29, 0.717) is 0 Å². The standard InChI is InChI=1S/C21H21NO/c1-15(2)21-16(3)20(23)14-19(17-10-6-4-7-11-17)22(21)18-12-8-5-9-13-18/h4-15H,1-3H3. The number of pyridine rings is 1. The van der Waals surface area contributed by atoms with Crippen LogP contribution in [0.15, 0.2) is 71.5 Å². The highest BCUT2D eigenvalue weighted by molar-refractivity contribution is 5.64. The molecule has 2 nitrogen and oxygen atoms in total. The lowest BCUT2D eigenvalue weighted by atomic mass is 10.00. The fourth-order valence-corrected chi connectivity index (χ4v) is 3.09. The maximum atomic E-state index is 12.5. The van der Waals surface area contributed by atoms with Gasteiger partial charge >= 0.3 is 0 Å². The van der Waals surface area contributed by atoms with Crippen molar-refractivity contribution in [2.75, 3.05) is 0 Å². The summed E-state index contributed by atoms with van der Waals surface area (Å²) in [7, 11) is 0. The van der Waals surface area contributed by atoms with E-state index in [-0.39, 0.29) is 11.3 Å². The van der Waals surface area contributed by atoms with Gasteiger partial charge in [-0.2, -0.15) is 0 Å². The second-order valence-electron chi connectivity index (χ2n) is 6.10. The highest BCUT2D eigenvalue weighted by atomic mass is 16.1. The smallest absolute Gasteiger partial charge is 0.185 e. The molecule has 0 saturated carbocycles. The van der Waals surface area contributed by atoms with Crippen LogP contribution in [0.2, 0.25) is 0 Å². The molecule has 2 heteroatoms. The number of hydrogen-bond acceptors (Lipinski definition) is 1. The van der Waals surface area contributed by atoms with Gasteiger partial charge in [-0.25, -0.2) is 0 Å². The van der Waals surface area contributed by atoms with Crippen LogP contribution in [0.4, 0.5) is 0 Å². The lowest BCUT2D eigenvalue weighted by Gasteiger charge is -2.23. The van der Waals surface area contributed by atoms with Crippen LogP contribution in [0.5, 0.6) is 0 Å². The number of para-hydroxylation sites is 1. The lowest BCUT2D eigenvalue weighted by molar-refractivity contribution is 0.762. The predicted octanol–water partition coefficient (Wildman–Crippen LogP) is 4.94. The third-order valence-electron chi connectivity index (χ3n) is 4.13. The lowest BCUT2D eigenvalue weighted by Crippen LogP contribution is -2.19. The summed E-state index contributed by atoms with van der Waals surface area (Å²) in [6.45, 7) is 6.19. The minimum absolute atomic E-state index is 0.0970. The first-order valence-electron chi connectivity index (χ1n) is 7.97. The minimum Gasteiger partial charge on any atom is -0.313 e. The molecule has 0 atom stereocenters. The zero-order valence-electron chi connectivity index (χ0n) is 13.8. The highest BCUT2D eigenvalue weighted by Gasteiger charge is 2.17. The van der Waals surface area contributed by atoms with Crippen molar-refractivity contribution in [2.45, 2.75) is 26.7 Å². The maximum absolute atomic E-state index is 12.5. The first-order valence-corrected chi connectivity index (χ1v) is 7.97. The number of benzene rings is 2. The molecule has 0 amide bonds. The van der Waals surface area contributed by atoms with Gasteiger partial charge in [0.25, 0.3) is 0 Å². The molecule has 3 aromatic rings. The van der Waals surface area contributed by atoms with Gasteiger partial charge in [-0.3, -0.25) is 4.79 Å². The Bertz CT molecular complexity index is 862. The molecule has 0 aliphatic heterocycles. The van der Waals surface area contributed by atoms with E-state index in [4.69, 9.17) is 0 Å². The molecule has 2 aromatic carbocycles.